The van der Waals surface area contributed by atoms with E-state index in [-0.39, 0.29) is 12.4 Å². The molecule has 0 saturated heterocycles. The van der Waals surface area contributed by atoms with Crippen LogP contribution in [0.1, 0.15) is 25.6 Å². The maximum absolute atomic E-state index is 11.1. The third kappa shape index (κ3) is 2.76. The quantitative estimate of drug-likeness (QED) is 0.796. The zero-order valence-corrected chi connectivity index (χ0v) is 11.4. The minimum Gasteiger partial charge on any atom is -0.469 e. The number of hydrogen-bond donors (Lipinski definition) is 0. The molecule has 0 aromatic carbocycles. The van der Waals surface area contributed by atoms with E-state index in [0.29, 0.717) is 6.04 Å². The Morgan fingerprint density at radius 3 is 2.94 bits per heavy atom. The Bertz CT molecular complexity index is 545. The molecular weight excluding hydrogens is 250 g/mol. The lowest BCUT2D eigenvalue weighted by molar-refractivity contribution is -0.139. The minimum absolute atomic E-state index is 0.214. The molecule has 6 heteroatoms. The molecule has 0 amide bonds. The third-order valence-electron chi connectivity index (χ3n) is 2.48. The van der Waals surface area contributed by atoms with Crippen LogP contribution in [-0.2, 0) is 16.0 Å². The molecule has 0 bridgehead atoms. The van der Waals surface area contributed by atoms with Crippen LogP contribution in [0.5, 0.6) is 0 Å². The molecule has 0 radical (unpaired) electrons. The second kappa shape index (κ2) is 5.30. The smallest absolute Gasteiger partial charge is 0.311 e. The molecule has 0 unspecified atom stereocenters. The van der Waals surface area contributed by atoms with Crippen LogP contribution in [0.25, 0.3) is 10.6 Å². The molecule has 0 N–H and O–H groups in total. The van der Waals surface area contributed by atoms with Crippen molar-refractivity contribution in [1.29, 1.82) is 0 Å². The largest absolute Gasteiger partial charge is 0.469 e. The minimum atomic E-state index is -0.273. The van der Waals surface area contributed by atoms with E-state index in [2.05, 4.69) is 28.7 Å². The molecule has 0 aliphatic rings. The highest BCUT2D eigenvalue weighted by molar-refractivity contribution is 7.13. The van der Waals surface area contributed by atoms with E-state index in [4.69, 9.17) is 0 Å². The lowest BCUT2D eigenvalue weighted by atomic mass is 10.3. The van der Waals surface area contributed by atoms with Crippen LogP contribution in [0.2, 0.25) is 0 Å². The van der Waals surface area contributed by atoms with Crippen molar-refractivity contribution < 1.29 is 9.53 Å². The second-order valence-electron chi connectivity index (χ2n) is 4.20. The van der Waals surface area contributed by atoms with Crippen molar-refractivity contribution in [1.82, 2.24) is 14.8 Å². The van der Waals surface area contributed by atoms with Crippen LogP contribution >= 0.6 is 11.3 Å². The number of esters is 1. The normalized spacial score (nSPS) is 10.9. The molecule has 2 aromatic heterocycles. The van der Waals surface area contributed by atoms with E-state index in [0.717, 1.165) is 16.3 Å². The topological polar surface area (TPSA) is 57.0 Å². The number of carbonyl (C=O) groups is 1. The Balaban J connectivity index is 2.16. The van der Waals surface area contributed by atoms with E-state index in [1.807, 2.05) is 16.3 Å². The van der Waals surface area contributed by atoms with Gasteiger partial charge in [-0.2, -0.15) is 5.10 Å². The van der Waals surface area contributed by atoms with E-state index >= 15 is 0 Å². The number of methoxy groups -OCH3 is 1. The molecule has 18 heavy (non-hydrogen) atoms. The fraction of sp³-hybridized carbons (Fsp3) is 0.417. The Hall–Kier alpha value is -1.69. The summed E-state index contributed by atoms with van der Waals surface area (Å²) in [6.45, 7) is 4.14. The summed E-state index contributed by atoms with van der Waals surface area (Å²) in [4.78, 5) is 15.6. The van der Waals surface area contributed by atoms with E-state index in [1.54, 1.807) is 6.20 Å². The van der Waals surface area contributed by atoms with E-state index in [9.17, 15) is 4.79 Å². The maximum Gasteiger partial charge on any atom is 0.311 e. The Morgan fingerprint density at radius 2 is 2.33 bits per heavy atom. The second-order valence-corrected chi connectivity index (χ2v) is 5.06. The first kappa shape index (κ1) is 12.8. The van der Waals surface area contributed by atoms with Crippen molar-refractivity contribution >= 4 is 17.3 Å². The van der Waals surface area contributed by atoms with E-state index in [1.165, 1.54) is 18.4 Å². The van der Waals surface area contributed by atoms with Crippen LogP contribution in [0.4, 0.5) is 0 Å². The van der Waals surface area contributed by atoms with Crippen molar-refractivity contribution in [2.24, 2.45) is 0 Å². The number of nitrogens with zero attached hydrogens (tertiary/aromatic N) is 3. The lowest BCUT2D eigenvalue weighted by Crippen LogP contribution is -2.04. The molecule has 0 fully saturated rings. The zero-order valence-electron chi connectivity index (χ0n) is 10.6. The van der Waals surface area contributed by atoms with Gasteiger partial charge in [0.2, 0.25) is 0 Å². The number of ether oxygens (including phenoxy) is 1. The van der Waals surface area contributed by atoms with Gasteiger partial charge in [0.25, 0.3) is 0 Å². The van der Waals surface area contributed by atoms with Crippen molar-refractivity contribution in [2.45, 2.75) is 26.3 Å². The van der Waals surface area contributed by atoms with Gasteiger partial charge in [0.1, 0.15) is 5.01 Å². The molecule has 2 heterocycles. The summed E-state index contributed by atoms with van der Waals surface area (Å²) in [6.07, 6.45) is 3.97. The summed E-state index contributed by atoms with van der Waals surface area (Å²) in [6, 6.07) is 0.327. The summed E-state index contributed by atoms with van der Waals surface area (Å²) in [5.74, 6) is -0.273. The summed E-state index contributed by atoms with van der Waals surface area (Å²) in [5.41, 5.74) is 1.71. The number of thiazole rings is 1. The zero-order chi connectivity index (χ0) is 13.1. The molecule has 2 aromatic rings. The van der Waals surface area contributed by atoms with Crippen molar-refractivity contribution in [3.8, 4) is 10.6 Å². The van der Waals surface area contributed by atoms with Crippen LogP contribution < -0.4 is 0 Å². The van der Waals surface area contributed by atoms with Gasteiger partial charge in [-0.05, 0) is 13.8 Å². The fourth-order valence-electron chi connectivity index (χ4n) is 1.47. The standard InChI is InChI=1S/C12H15N3O2S/c1-8(2)15-6-9(5-13-15)12-14-10(7-18-12)4-11(16)17-3/h5-8H,4H2,1-3H3. The number of rotatable bonds is 4. The Kier molecular flexibility index (Phi) is 3.76. The third-order valence-corrected chi connectivity index (χ3v) is 3.42. The van der Waals surface area contributed by atoms with Crippen LogP contribution in [-0.4, -0.2) is 27.8 Å². The number of aromatic nitrogens is 3. The summed E-state index contributed by atoms with van der Waals surface area (Å²) in [5, 5.41) is 7.02. The molecular formula is C12H15N3O2S. The highest BCUT2D eigenvalue weighted by Crippen LogP contribution is 2.24. The maximum atomic E-state index is 11.1. The number of carbonyl (C=O) groups excluding carboxylic acids is 1. The van der Waals surface area contributed by atoms with Gasteiger partial charge < -0.3 is 4.74 Å². The summed E-state index contributed by atoms with van der Waals surface area (Å²) in [7, 11) is 1.38. The Morgan fingerprint density at radius 1 is 1.56 bits per heavy atom. The molecule has 0 aliphatic carbocycles. The first-order valence-corrected chi connectivity index (χ1v) is 6.54. The lowest BCUT2D eigenvalue weighted by Gasteiger charge is -2.02. The molecule has 0 spiro atoms. The van der Waals surface area contributed by atoms with Crippen molar-refractivity contribution in [2.75, 3.05) is 7.11 Å². The van der Waals surface area contributed by atoms with Crippen molar-refractivity contribution in [3.63, 3.8) is 0 Å². The monoisotopic (exact) mass is 265 g/mol. The van der Waals surface area contributed by atoms with Crippen LogP contribution in [0.3, 0.4) is 0 Å². The van der Waals surface area contributed by atoms with Gasteiger partial charge >= 0.3 is 5.97 Å². The highest BCUT2D eigenvalue weighted by atomic mass is 32.1. The molecule has 5 nitrogen and oxygen atoms in total. The van der Waals surface area contributed by atoms with Gasteiger partial charge in [-0.1, -0.05) is 0 Å². The molecule has 96 valence electrons. The average Bonchev–Trinajstić information content (AvgIpc) is 2.96. The first-order valence-electron chi connectivity index (χ1n) is 5.66. The van der Waals surface area contributed by atoms with Crippen LogP contribution in [0, 0.1) is 0 Å². The van der Waals surface area contributed by atoms with Gasteiger partial charge in [0.05, 0.1) is 25.4 Å². The van der Waals surface area contributed by atoms with E-state index < -0.39 is 0 Å². The van der Waals surface area contributed by atoms with Gasteiger partial charge in [0.15, 0.2) is 0 Å². The van der Waals surface area contributed by atoms with Gasteiger partial charge in [-0.15, -0.1) is 11.3 Å². The predicted octanol–water partition coefficient (Wildman–Crippen LogP) is 2.30. The number of hydrogen-bond acceptors (Lipinski definition) is 5. The first-order chi connectivity index (χ1) is 8.60. The van der Waals surface area contributed by atoms with Gasteiger partial charge in [-0.3, -0.25) is 9.48 Å². The highest BCUT2D eigenvalue weighted by Gasteiger charge is 2.11. The van der Waals surface area contributed by atoms with Gasteiger partial charge in [0, 0.05) is 23.2 Å². The molecule has 0 aliphatic heterocycles. The average molecular weight is 265 g/mol. The predicted molar refractivity (Wildman–Crippen MR) is 69.4 cm³/mol. The molecule has 0 saturated carbocycles. The van der Waals surface area contributed by atoms with Crippen molar-refractivity contribution in [3.05, 3.63) is 23.5 Å². The van der Waals surface area contributed by atoms with Gasteiger partial charge in [-0.25, -0.2) is 4.98 Å². The molecule has 0 atom stereocenters. The fourth-order valence-corrected chi connectivity index (χ4v) is 2.27. The Labute approximate surface area is 109 Å². The summed E-state index contributed by atoms with van der Waals surface area (Å²) < 4.78 is 6.50. The summed E-state index contributed by atoms with van der Waals surface area (Å²) >= 11 is 1.51. The van der Waals surface area contributed by atoms with Crippen LogP contribution in [0.15, 0.2) is 17.8 Å². The SMILES string of the molecule is COC(=O)Cc1csc(-c2cnn(C(C)C)c2)n1. The molecule has 2 rings (SSSR count).